The molecule has 88 valence electrons. The van der Waals surface area contributed by atoms with E-state index in [4.69, 9.17) is 5.11 Å². The molecule has 15 heavy (non-hydrogen) atoms. The third-order valence-corrected chi connectivity index (χ3v) is 1.68. The van der Waals surface area contributed by atoms with Crippen LogP contribution in [-0.2, 0) is 4.79 Å². The number of hydrogen-bond donors (Lipinski definition) is 1. The lowest BCUT2D eigenvalue weighted by atomic mass is 10.3. The van der Waals surface area contributed by atoms with Crippen molar-refractivity contribution in [3.63, 3.8) is 0 Å². The molecule has 0 amide bonds. The van der Waals surface area contributed by atoms with Gasteiger partial charge in [-0.2, -0.15) is 13.2 Å². The molecule has 0 atom stereocenters. The van der Waals surface area contributed by atoms with Crippen LogP contribution >= 0.6 is 0 Å². The van der Waals surface area contributed by atoms with Crippen LogP contribution in [0.1, 0.15) is 12.8 Å². The van der Waals surface area contributed by atoms with Crippen LogP contribution in [0, 0.1) is 0 Å². The Balaban J connectivity index is 3.85. The molecular formula is C9H14F3NO2. The van der Waals surface area contributed by atoms with Gasteiger partial charge in [-0.1, -0.05) is 6.08 Å². The number of rotatable bonds is 7. The normalized spacial score (nSPS) is 11.7. The summed E-state index contributed by atoms with van der Waals surface area (Å²) in [6.07, 6.45) is -3.69. The Morgan fingerprint density at radius 1 is 1.47 bits per heavy atom. The van der Waals surface area contributed by atoms with Gasteiger partial charge in [-0.05, 0) is 13.0 Å². The summed E-state index contributed by atoms with van der Waals surface area (Å²) in [4.78, 5) is 11.8. The van der Waals surface area contributed by atoms with Crippen molar-refractivity contribution in [2.45, 2.75) is 19.0 Å². The first-order valence-electron chi connectivity index (χ1n) is 4.47. The minimum Gasteiger partial charge on any atom is -0.480 e. The number of nitrogens with zero attached hydrogens (tertiary/aromatic N) is 1. The van der Waals surface area contributed by atoms with Gasteiger partial charge in [0.2, 0.25) is 0 Å². The van der Waals surface area contributed by atoms with E-state index < -0.39 is 18.6 Å². The van der Waals surface area contributed by atoms with Crippen LogP contribution < -0.4 is 0 Å². The second kappa shape index (κ2) is 6.44. The molecule has 0 spiro atoms. The maximum absolute atomic E-state index is 11.8. The standard InChI is InChI=1S/C9H14F3NO2/c1-2-5-13(7-8(14)15)6-3-4-9(10,11)12/h2H,1,3-7H2,(H,14,15). The third kappa shape index (κ3) is 9.27. The minimum absolute atomic E-state index is 0.0926. The zero-order chi connectivity index (χ0) is 11.9. The number of aliphatic carboxylic acids is 1. The van der Waals surface area contributed by atoms with Crippen LogP contribution in [0.3, 0.4) is 0 Å². The second-order valence-corrected chi connectivity index (χ2v) is 3.14. The molecule has 0 bridgehead atoms. The quantitative estimate of drug-likeness (QED) is 0.673. The van der Waals surface area contributed by atoms with Gasteiger partial charge in [0.05, 0.1) is 6.54 Å². The highest BCUT2D eigenvalue weighted by atomic mass is 19.4. The Kier molecular flexibility index (Phi) is 6.00. The van der Waals surface area contributed by atoms with E-state index in [-0.39, 0.29) is 26.1 Å². The predicted octanol–water partition coefficient (Wildman–Crippen LogP) is 1.90. The van der Waals surface area contributed by atoms with Crippen molar-refractivity contribution in [3.05, 3.63) is 12.7 Å². The molecule has 1 N–H and O–H groups in total. The van der Waals surface area contributed by atoms with E-state index in [1.54, 1.807) is 0 Å². The fraction of sp³-hybridized carbons (Fsp3) is 0.667. The van der Waals surface area contributed by atoms with Gasteiger partial charge >= 0.3 is 12.1 Å². The maximum atomic E-state index is 11.8. The largest absolute Gasteiger partial charge is 0.480 e. The first-order chi connectivity index (χ1) is 6.85. The van der Waals surface area contributed by atoms with Crippen molar-refractivity contribution in [2.24, 2.45) is 0 Å². The number of alkyl halides is 3. The molecule has 0 aliphatic carbocycles. The Bertz CT molecular complexity index is 216. The summed E-state index contributed by atoms with van der Waals surface area (Å²) < 4.78 is 35.4. The van der Waals surface area contributed by atoms with Gasteiger partial charge in [-0.15, -0.1) is 6.58 Å². The van der Waals surface area contributed by atoms with Crippen molar-refractivity contribution in [2.75, 3.05) is 19.6 Å². The third-order valence-electron chi connectivity index (χ3n) is 1.68. The molecule has 3 nitrogen and oxygen atoms in total. The van der Waals surface area contributed by atoms with Gasteiger partial charge in [-0.25, -0.2) is 0 Å². The lowest BCUT2D eigenvalue weighted by Gasteiger charge is -2.18. The molecule has 0 aromatic carbocycles. The lowest BCUT2D eigenvalue weighted by molar-refractivity contribution is -0.139. The molecule has 0 rings (SSSR count). The monoisotopic (exact) mass is 225 g/mol. The Morgan fingerprint density at radius 2 is 2.07 bits per heavy atom. The summed E-state index contributed by atoms with van der Waals surface area (Å²) in [5, 5.41) is 8.47. The van der Waals surface area contributed by atoms with E-state index in [1.165, 1.54) is 11.0 Å². The number of hydrogen-bond acceptors (Lipinski definition) is 2. The Labute approximate surface area is 86.2 Å². The van der Waals surface area contributed by atoms with Crippen LogP contribution in [0.2, 0.25) is 0 Å². The zero-order valence-electron chi connectivity index (χ0n) is 8.26. The fourth-order valence-electron chi connectivity index (χ4n) is 1.11. The predicted molar refractivity (Wildman–Crippen MR) is 49.6 cm³/mol. The van der Waals surface area contributed by atoms with Crippen LogP contribution in [-0.4, -0.2) is 41.8 Å². The van der Waals surface area contributed by atoms with E-state index in [9.17, 15) is 18.0 Å². The Morgan fingerprint density at radius 3 is 2.47 bits per heavy atom. The van der Waals surface area contributed by atoms with Crippen LogP contribution in [0.5, 0.6) is 0 Å². The molecular weight excluding hydrogens is 211 g/mol. The molecule has 0 aromatic heterocycles. The van der Waals surface area contributed by atoms with Crippen LogP contribution in [0.25, 0.3) is 0 Å². The fourth-order valence-corrected chi connectivity index (χ4v) is 1.11. The molecule has 0 aliphatic heterocycles. The summed E-state index contributed by atoms with van der Waals surface area (Å²) in [5.41, 5.74) is 0. The molecule has 0 saturated heterocycles. The van der Waals surface area contributed by atoms with Gasteiger partial charge in [0.15, 0.2) is 0 Å². The van der Waals surface area contributed by atoms with Gasteiger partial charge < -0.3 is 5.11 Å². The summed E-state index contributed by atoms with van der Waals surface area (Å²) >= 11 is 0. The number of carboxylic acid groups (broad SMARTS) is 1. The average molecular weight is 225 g/mol. The number of halogens is 3. The van der Waals surface area contributed by atoms with Crippen molar-refractivity contribution in [1.82, 2.24) is 4.90 Å². The molecule has 6 heteroatoms. The molecule has 0 unspecified atom stereocenters. The highest BCUT2D eigenvalue weighted by Gasteiger charge is 2.26. The molecule has 0 radical (unpaired) electrons. The van der Waals surface area contributed by atoms with E-state index in [0.29, 0.717) is 0 Å². The molecule has 0 aliphatic rings. The SMILES string of the molecule is C=CCN(CCCC(F)(F)F)CC(=O)O. The van der Waals surface area contributed by atoms with Gasteiger partial charge in [0.1, 0.15) is 0 Å². The van der Waals surface area contributed by atoms with Crippen molar-refractivity contribution in [3.8, 4) is 0 Å². The first kappa shape index (κ1) is 14.0. The average Bonchev–Trinajstić information content (AvgIpc) is 2.00. The smallest absolute Gasteiger partial charge is 0.389 e. The van der Waals surface area contributed by atoms with Crippen molar-refractivity contribution >= 4 is 5.97 Å². The summed E-state index contributed by atoms with van der Waals surface area (Å²) in [6.45, 7) is 3.54. The zero-order valence-corrected chi connectivity index (χ0v) is 8.26. The lowest BCUT2D eigenvalue weighted by Crippen LogP contribution is -2.31. The summed E-state index contributed by atoms with van der Waals surface area (Å²) in [6, 6.07) is 0. The van der Waals surface area contributed by atoms with Crippen LogP contribution in [0.4, 0.5) is 13.2 Å². The van der Waals surface area contributed by atoms with E-state index in [0.717, 1.165) is 0 Å². The van der Waals surface area contributed by atoms with Crippen LogP contribution in [0.15, 0.2) is 12.7 Å². The molecule has 0 saturated carbocycles. The van der Waals surface area contributed by atoms with E-state index in [2.05, 4.69) is 6.58 Å². The maximum Gasteiger partial charge on any atom is 0.389 e. The van der Waals surface area contributed by atoms with E-state index in [1.807, 2.05) is 0 Å². The van der Waals surface area contributed by atoms with Crippen molar-refractivity contribution < 1.29 is 23.1 Å². The highest BCUT2D eigenvalue weighted by Crippen LogP contribution is 2.21. The highest BCUT2D eigenvalue weighted by molar-refractivity contribution is 5.69. The van der Waals surface area contributed by atoms with Gasteiger partial charge in [0, 0.05) is 13.0 Å². The van der Waals surface area contributed by atoms with Gasteiger partial charge in [0.25, 0.3) is 0 Å². The molecule has 0 fully saturated rings. The van der Waals surface area contributed by atoms with E-state index >= 15 is 0 Å². The second-order valence-electron chi connectivity index (χ2n) is 3.14. The summed E-state index contributed by atoms with van der Waals surface area (Å²) in [5.74, 6) is -1.05. The number of carboxylic acids is 1. The topological polar surface area (TPSA) is 40.5 Å². The Hall–Kier alpha value is -1.04. The minimum atomic E-state index is -4.18. The molecule has 0 aromatic rings. The first-order valence-corrected chi connectivity index (χ1v) is 4.47. The molecule has 0 heterocycles. The number of carbonyl (C=O) groups is 1. The summed E-state index contributed by atoms with van der Waals surface area (Å²) in [7, 11) is 0. The van der Waals surface area contributed by atoms with Crippen molar-refractivity contribution in [1.29, 1.82) is 0 Å². The van der Waals surface area contributed by atoms with Gasteiger partial charge in [-0.3, -0.25) is 9.69 Å².